The molecule has 2 aliphatic heterocycles. The van der Waals surface area contributed by atoms with Gasteiger partial charge in [0.05, 0.1) is 18.3 Å². The molecule has 2 heterocycles. The molecule has 1 aromatic carbocycles. The van der Waals surface area contributed by atoms with Crippen LogP contribution in [0.25, 0.3) is 0 Å². The van der Waals surface area contributed by atoms with Gasteiger partial charge in [-0.1, -0.05) is 6.08 Å². The summed E-state index contributed by atoms with van der Waals surface area (Å²) in [7, 11) is -2.89. The van der Waals surface area contributed by atoms with E-state index in [1.165, 1.54) is 9.80 Å². The van der Waals surface area contributed by atoms with Crippen LogP contribution in [0.5, 0.6) is 0 Å². The van der Waals surface area contributed by atoms with Gasteiger partial charge in [-0.2, -0.15) is 0 Å². The molecule has 166 valence electrons. The van der Waals surface area contributed by atoms with Crippen molar-refractivity contribution in [1.29, 1.82) is 0 Å². The number of hydrogen-bond acceptors (Lipinski definition) is 6. The fraction of sp³-hybridized carbons (Fsp3) is 0.421. The topological polar surface area (TPSA) is 127 Å². The van der Waals surface area contributed by atoms with Crippen molar-refractivity contribution >= 4 is 33.6 Å². The number of carbonyl (C=O) groups is 3. The summed E-state index contributed by atoms with van der Waals surface area (Å²) in [6.07, 6.45) is 2.33. The normalized spacial score (nSPS) is 23.3. The van der Waals surface area contributed by atoms with E-state index in [1.807, 2.05) is 0 Å². The third-order valence-corrected chi connectivity index (χ3v) is 7.48. The second-order valence-corrected chi connectivity index (χ2v) is 9.54. The number of benzene rings is 1. The summed E-state index contributed by atoms with van der Waals surface area (Å²) >= 11 is 0. The molecule has 1 aliphatic carbocycles. The van der Waals surface area contributed by atoms with E-state index < -0.39 is 45.3 Å². The minimum Gasteiger partial charge on any atom is -0.395 e. The zero-order valence-corrected chi connectivity index (χ0v) is 17.4. The van der Waals surface area contributed by atoms with Crippen molar-refractivity contribution < 1.29 is 32.3 Å². The molecule has 0 radical (unpaired) electrons. The lowest BCUT2D eigenvalue weighted by Crippen LogP contribution is -2.51. The lowest BCUT2D eigenvalue weighted by atomic mass is 10.1. The number of fused-ring (bicyclic) bond motifs is 3. The Morgan fingerprint density at radius 3 is 2.77 bits per heavy atom. The molecule has 4 rings (SSSR count). The molecule has 3 aliphatic rings. The Morgan fingerprint density at radius 2 is 2.10 bits per heavy atom. The molecule has 10 nitrogen and oxygen atoms in total. The number of anilines is 1. The van der Waals surface area contributed by atoms with Gasteiger partial charge in [-0.05, 0) is 30.5 Å². The maximum atomic E-state index is 13.6. The highest BCUT2D eigenvalue weighted by molar-refractivity contribution is 7.90. The summed E-state index contributed by atoms with van der Waals surface area (Å²) in [5.41, 5.74) is 0.358. The van der Waals surface area contributed by atoms with Crippen LogP contribution in [0.3, 0.4) is 0 Å². The van der Waals surface area contributed by atoms with E-state index in [0.717, 1.165) is 18.2 Å². The highest BCUT2D eigenvalue weighted by Gasteiger charge is 2.46. The smallest absolute Gasteiger partial charge is 0.336 e. The van der Waals surface area contributed by atoms with Gasteiger partial charge in [-0.15, -0.1) is 0 Å². The van der Waals surface area contributed by atoms with Crippen LogP contribution < -0.4 is 5.32 Å². The lowest BCUT2D eigenvalue weighted by molar-refractivity contribution is -0.132. The third-order valence-electron chi connectivity index (χ3n) is 5.72. The van der Waals surface area contributed by atoms with Gasteiger partial charge >= 0.3 is 6.03 Å². The Kier molecular flexibility index (Phi) is 5.21. The van der Waals surface area contributed by atoms with E-state index in [4.69, 9.17) is 5.11 Å². The Balaban J connectivity index is 1.53. The molecule has 1 aromatic rings. The third kappa shape index (κ3) is 3.55. The number of hydrogen-bond donors (Lipinski definition) is 2. The van der Waals surface area contributed by atoms with Crippen molar-refractivity contribution in [2.75, 3.05) is 38.6 Å². The summed E-state index contributed by atoms with van der Waals surface area (Å²) < 4.78 is 39.6. The molecular formula is C19H21FN4O6S. The molecule has 1 fully saturated rings. The molecule has 0 spiro atoms. The molecule has 4 amide bonds. The number of halogens is 1. The van der Waals surface area contributed by atoms with Gasteiger partial charge in [0.2, 0.25) is 5.91 Å². The average molecular weight is 452 g/mol. The average Bonchev–Trinajstić information content (AvgIpc) is 3.32. The quantitative estimate of drug-likeness (QED) is 0.646. The van der Waals surface area contributed by atoms with Crippen LogP contribution >= 0.6 is 0 Å². The standard InChI is InChI=1S/C19H21FN4O6S/c1-22(4-5-25)18(27)13-6-11-7-15(13)23(9-11)17(26)10-24-19(28)21-14-3-2-12(20)8-16(14)31(24,29)30/h2-3,6,8,11,15,25H,4-5,7,9-10H2,1H3,(H,21,28)/t11-,15-/m0/s1. The monoisotopic (exact) mass is 452 g/mol. The van der Waals surface area contributed by atoms with Crippen molar-refractivity contribution in [3.8, 4) is 0 Å². The van der Waals surface area contributed by atoms with Gasteiger partial charge in [-0.25, -0.2) is 21.9 Å². The Morgan fingerprint density at radius 1 is 1.35 bits per heavy atom. The number of nitrogens with one attached hydrogen (secondary N) is 1. The lowest BCUT2D eigenvalue weighted by Gasteiger charge is -2.33. The summed E-state index contributed by atoms with van der Waals surface area (Å²) in [5.74, 6) is -1.78. The highest BCUT2D eigenvalue weighted by atomic mass is 32.2. The largest absolute Gasteiger partial charge is 0.395 e. The molecule has 12 heteroatoms. The zero-order valence-electron chi connectivity index (χ0n) is 16.6. The number of sulfonamides is 1. The Hall–Kier alpha value is -2.99. The van der Waals surface area contributed by atoms with E-state index in [-0.39, 0.29) is 30.7 Å². The van der Waals surface area contributed by atoms with Crippen LogP contribution in [-0.4, -0.2) is 84.8 Å². The number of aliphatic hydroxyl groups is 1. The summed E-state index contributed by atoms with van der Waals surface area (Å²) in [6.45, 7) is -0.508. The van der Waals surface area contributed by atoms with Crippen LogP contribution in [0.15, 0.2) is 34.7 Å². The Bertz CT molecular complexity index is 1100. The predicted molar refractivity (Wildman–Crippen MR) is 106 cm³/mol. The molecular weight excluding hydrogens is 431 g/mol. The summed E-state index contributed by atoms with van der Waals surface area (Å²) in [4.78, 5) is 40.3. The SMILES string of the molecule is CN(CCO)C(=O)C1=C[C@H]2C[C@@H]1N(C(=O)CN1C(=O)Nc3ccc(F)cc3S1(=O)=O)C2. The van der Waals surface area contributed by atoms with Crippen molar-refractivity contribution in [2.45, 2.75) is 17.4 Å². The molecule has 0 unspecified atom stereocenters. The van der Waals surface area contributed by atoms with Crippen molar-refractivity contribution in [3.63, 3.8) is 0 Å². The van der Waals surface area contributed by atoms with Crippen LogP contribution in [0.1, 0.15) is 6.42 Å². The molecule has 31 heavy (non-hydrogen) atoms. The number of amides is 4. The van der Waals surface area contributed by atoms with E-state index in [1.54, 1.807) is 13.1 Å². The van der Waals surface area contributed by atoms with Gasteiger partial charge in [0.15, 0.2) is 0 Å². The number of aliphatic hydroxyl groups excluding tert-OH is 1. The number of nitrogens with zero attached hydrogens (tertiary/aromatic N) is 3. The van der Waals surface area contributed by atoms with Gasteiger partial charge in [0, 0.05) is 25.7 Å². The molecule has 2 N–H and O–H groups in total. The number of likely N-dealkylation sites (N-methyl/N-ethyl adjacent to an activating group) is 1. The van der Waals surface area contributed by atoms with Crippen molar-refractivity contribution in [2.24, 2.45) is 5.92 Å². The van der Waals surface area contributed by atoms with Gasteiger partial charge in [0.1, 0.15) is 17.3 Å². The van der Waals surface area contributed by atoms with Gasteiger partial charge in [0.25, 0.3) is 15.9 Å². The fourth-order valence-electron chi connectivity index (χ4n) is 4.20. The van der Waals surface area contributed by atoms with E-state index >= 15 is 0 Å². The van der Waals surface area contributed by atoms with Crippen molar-refractivity contribution in [3.05, 3.63) is 35.7 Å². The predicted octanol–water partition coefficient (Wildman–Crippen LogP) is -0.0303. The first kappa shape index (κ1) is 21.2. The van der Waals surface area contributed by atoms with Gasteiger partial charge < -0.3 is 20.2 Å². The second kappa shape index (κ2) is 7.61. The second-order valence-electron chi connectivity index (χ2n) is 7.71. The summed E-state index contributed by atoms with van der Waals surface area (Å²) in [6, 6.07) is 1.42. The molecule has 2 atom stereocenters. The Labute approximate surface area is 178 Å². The number of rotatable bonds is 5. The highest BCUT2D eigenvalue weighted by Crippen LogP contribution is 2.38. The van der Waals surface area contributed by atoms with Crippen LogP contribution in [0.2, 0.25) is 0 Å². The first-order valence-corrected chi connectivity index (χ1v) is 11.1. The fourth-order valence-corrected chi connectivity index (χ4v) is 5.64. The van der Waals surface area contributed by atoms with Crippen molar-refractivity contribution in [1.82, 2.24) is 14.1 Å². The van der Waals surface area contributed by atoms with Crippen LogP contribution in [-0.2, 0) is 19.6 Å². The first-order valence-electron chi connectivity index (χ1n) is 9.64. The number of urea groups is 1. The minimum atomic E-state index is -4.43. The van der Waals surface area contributed by atoms with E-state index in [2.05, 4.69) is 5.32 Å². The number of likely N-dealkylation sites (tertiary alicyclic amines) is 1. The number of carbonyl (C=O) groups excluding carboxylic acids is 3. The molecule has 2 bridgehead atoms. The summed E-state index contributed by atoms with van der Waals surface area (Å²) in [5, 5.41) is 11.4. The first-order chi connectivity index (χ1) is 14.6. The molecule has 0 saturated carbocycles. The maximum absolute atomic E-state index is 13.6. The molecule has 0 aromatic heterocycles. The maximum Gasteiger partial charge on any atom is 0.336 e. The van der Waals surface area contributed by atoms with E-state index in [9.17, 15) is 27.2 Å². The molecule has 1 saturated heterocycles. The zero-order chi connectivity index (χ0) is 22.5. The van der Waals surface area contributed by atoms with Gasteiger partial charge in [-0.3, -0.25) is 9.59 Å². The minimum absolute atomic E-state index is 0.0444. The van der Waals surface area contributed by atoms with Crippen LogP contribution in [0, 0.1) is 11.7 Å². The van der Waals surface area contributed by atoms with E-state index in [0.29, 0.717) is 22.8 Å². The van der Waals surface area contributed by atoms with Crippen LogP contribution in [0.4, 0.5) is 14.9 Å².